The fourth-order valence-corrected chi connectivity index (χ4v) is 4.16. The third kappa shape index (κ3) is 6.04. The Morgan fingerprint density at radius 2 is 1.74 bits per heavy atom. The summed E-state index contributed by atoms with van der Waals surface area (Å²) >= 11 is 7.57. The van der Waals surface area contributed by atoms with Gasteiger partial charge >= 0.3 is 0 Å². The number of aromatic nitrogens is 4. The number of aryl methyl sites for hydroxylation is 1. The van der Waals surface area contributed by atoms with E-state index in [1.165, 1.54) is 0 Å². The van der Waals surface area contributed by atoms with E-state index in [1.807, 2.05) is 49.5 Å². The van der Waals surface area contributed by atoms with E-state index in [0.717, 1.165) is 41.0 Å². The van der Waals surface area contributed by atoms with Gasteiger partial charge < -0.3 is 15.3 Å². The Labute approximate surface area is 190 Å². The van der Waals surface area contributed by atoms with Crippen LogP contribution in [-0.4, -0.2) is 69.3 Å². The molecule has 0 unspecified atom stereocenters. The van der Waals surface area contributed by atoms with E-state index in [-0.39, 0.29) is 6.61 Å². The molecule has 0 aliphatic carbocycles. The third-order valence-corrected chi connectivity index (χ3v) is 6.07. The van der Waals surface area contributed by atoms with Gasteiger partial charge in [-0.15, -0.1) is 0 Å². The molecule has 0 bridgehead atoms. The third-order valence-electron chi connectivity index (χ3n) is 4.83. The summed E-state index contributed by atoms with van der Waals surface area (Å²) in [6.07, 6.45) is 1.82. The van der Waals surface area contributed by atoms with Crippen LogP contribution in [0.25, 0.3) is 0 Å². The molecule has 10 heteroatoms. The highest BCUT2D eigenvalue weighted by Gasteiger charge is 2.19. The van der Waals surface area contributed by atoms with Crippen LogP contribution >= 0.6 is 23.4 Å². The molecule has 0 saturated carbocycles. The van der Waals surface area contributed by atoms with Gasteiger partial charge in [0.15, 0.2) is 0 Å². The van der Waals surface area contributed by atoms with Gasteiger partial charge in [0.05, 0.1) is 6.61 Å². The van der Waals surface area contributed by atoms with E-state index in [0.29, 0.717) is 30.1 Å². The average molecular weight is 458 g/mol. The number of piperazine rings is 1. The van der Waals surface area contributed by atoms with Crippen molar-refractivity contribution < 1.29 is 5.11 Å². The molecular formula is C21H24ClN7OS. The molecule has 3 aromatic rings. The van der Waals surface area contributed by atoms with Crippen LogP contribution in [0.3, 0.4) is 0 Å². The maximum Gasteiger partial charge on any atom is 0.233 e. The predicted octanol–water partition coefficient (Wildman–Crippen LogP) is 3.24. The second-order valence-corrected chi connectivity index (χ2v) is 8.70. The highest BCUT2D eigenvalue weighted by molar-refractivity contribution is 7.99. The molecule has 1 aliphatic heterocycles. The first kappa shape index (κ1) is 21.8. The molecule has 2 N–H and O–H groups in total. The normalized spacial score (nSPS) is 14.6. The number of nitrogens with one attached hydrogen (secondary N) is 1. The molecule has 4 rings (SSSR count). The lowest BCUT2D eigenvalue weighted by molar-refractivity contribution is 0.188. The highest BCUT2D eigenvalue weighted by atomic mass is 35.5. The number of hydrogen-bond acceptors (Lipinski definition) is 9. The van der Waals surface area contributed by atoms with Gasteiger partial charge in [0.1, 0.15) is 11.6 Å². The number of β-amino-alcohol motifs (C(OH)–C–C–N with tert-alkyl or cyclic N) is 1. The summed E-state index contributed by atoms with van der Waals surface area (Å²) < 4.78 is 0. The summed E-state index contributed by atoms with van der Waals surface area (Å²) in [7, 11) is 0. The molecule has 0 amide bonds. The van der Waals surface area contributed by atoms with Crippen LogP contribution in [0.4, 0.5) is 17.7 Å². The summed E-state index contributed by atoms with van der Waals surface area (Å²) in [5.41, 5.74) is 0. The number of benzene rings is 1. The standard InChI is InChI=1S/C21H24ClN7OS/c1-15-24-20(27-21(25-15)29-10-8-28(9-11-29)12-13-30)26-19-7-6-18(14-23-19)31-17-4-2-16(22)3-5-17/h2-7,14,30H,8-13H2,1H3,(H,23,24,25,26,27). The molecule has 1 aliphatic rings. The van der Waals surface area contributed by atoms with Crippen molar-refractivity contribution in [2.24, 2.45) is 0 Å². The maximum absolute atomic E-state index is 9.11. The zero-order chi connectivity index (χ0) is 21.6. The number of aliphatic hydroxyl groups is 1. The monoisotopic (exact) mass is 457 g/mol. The van der Waals surface area contributed by atoms with Crippen molar-refractivity contribution in [1.29, 1.82) is 0 Å². The van der Waals surface area contributed by atoms with Crippen molar-refractivity contribution in [2.75, 3.05) is 49.5 Å². The summed E-state index contributed by atoms with van der Waals surface area (Å²) in [5.74, 6) is 2.46. The topological polar surface area (TPSA) is 90.3 Å². The molecule has 2 aromatic heterocycles. The van der Waals surface area contributed by atoms with Crippen LogP contribution in [0.15, 0.2) is 52.4 Å². The van der Waals surface area contributed by atoms with Gasteiger partial charge in [0, 0.05) is 53.7 Å². The van der Waals surface area contributed by atoms with Gasteiger partial charge in [0.2, 0.25) is 11.9 Å². The molecule has 162 valence electrons. The minimum Gasteiger partial charge on any atom is -0.395 e. The minimum absolute atomic E-state index is 0.183. The SMILES string of the molecule is Cc1nc(Nc2ccc(Sc3ccc(Cl)cc3)cn2)nc(N2CCN(CCO)CC2)n1. The summed E-state index contributed by atoms with van der Waals surface area (Å²) in [5, 5.41) is 13.0. The molecular weight excluding hydrogens is 434 g/mol. The number of anilines is 3. The van der Waals surface area contributed by atoms with Crippen molar-refractivity contribution in [2.45, 2.75) is 16.7 Å². The van der Waals surface area contributed by atoms with Crippen LogP contribution < -0.4 is 10.2 Å². The van der Waals surface area contributed by atoms with E-state index in [9.17, 15) is 0 Å². The summed E-state index contributed by atoms with van der Waals surface area (Å²) in [6.45, 7) is 6.13. The number of hydrogen-bond donors (Lipinski definition) is 2. The zero-order valence-corrected chi connectivity index (χ0v) is 18.8. The lowest BCUT2D eigenvalue weighted by Gasteiger charge is -2.34. The molecule has 1 fully saturated rings. The first-order valence-corrected chi connectivity index (χ1v) is 11.3. The summed E-state index contributed by atoms with van der Waals surface area (Å²) in [6, 6.07) is 11.6. The first-order valence-electron chi connectivity index (χ1n) is 10.1. The largest absolute Gasteiger partial charge is 0.395 e. The fourth-order valence-electron chi connectivity index (χ4n) is 3.25. The Hall–Kier alpha value is -2.46. The van der Waals surface area contributed by atoms with Crippen LogP contribution in [0.2, 0.25) is 5.02 Å². The predicted molar refractivity (Wildman–Crippen MR) is 123 cm³/mol. The van der Waals surface area contributed by atoms with E-state index < -0.39 is 0 Å². The molecule has 0 atom stereocenters. The molecule has 0 spiro atoms. The Bertz CT molecular complexity index is 996. The Morgan fingerprint density at radius 3 is 2.42 bits per heavy atom. The van der Waals surface area contributed by atoms with Gasteiger partial charge in [0.25, 0.3) is 0 Å². The number of halogens is 1. The average Bonchev–Trinajstić information content (AvgIpc) is 2.77. The fraction of sp³-hybridized carbons (Fsp3) is 0.333. The van der Waals surface area contributed by atoms with Gasteiger partial charge in [-0.2, -0.15) is 15.0 Å². The molecule has 0 radical (unpaired) electrons. The van der Waals surface area contributed by atoms with Crippen LogP contribution in [0, 0.1) is 6.92 Å². The number of rotatable bonds is 7. The minimum atomic E-state index is 0.183. The molecule has 1 saturated heterocycles. The van der Waals surface area contributed by atoms with Crippen molar-refractivity contribution in [3.8, 4) is 0 Å². The van der Waals surface area contributed by atoms with Crippen LogP contribution in [0.5, 0.6) is 0 Å². The Balaban J connectivity index is 1.40. The Kier molecular flexibility index (Phi) is 7.18. The molecule has 8 nitrogen and oxygen atoms in total. The van der Waals surface area contributed by atoms with Crippen LogP contribution in [-0.2, 0) is 0 Å². The van der Waals surface area contributed by atoms with Crippen molar-refractivity contribution >= 4 is 41.1 Å². The number of pyridine rings is 1. The first-order chi connectivity index (χ1) is 15.1. The Morgan fingerprint density at radius 1 is 1.00 bits per heavy atom. The van der Waals surface area contributed by atoms with Crippen LogP contribution in [0.1, 0.15) is 5.82 Å². The van der Waals surface area contributed by atoms with Gasteiger partial charge in [-0.05, 0) is 43.3 Å². The van der Waals surface area contributed by atoms with E-state index in [2.05, 4.69) is 35.1 Å². The lowest BCUT2D eigenvalue weighted by Crippen LogP contribution is -2.47. The molecule has 1 aromatic carbocycles. The van der Waals surface area contributed by atoms with Crippen molar-refractivity contribution in [3.63, 3.8) is 0 Å². The van der Waals surface area contributed by atoms with Gasteiger partial charge in [-0.25, -0.2) is 4.98 Å². The maximum atomic E-state index is 9.11. The smallest absolute Gasteiger partial charge is 0.233 e. The second-order valence-electron chi connectivity index (χ2n) is 7.12. The van der Waals surface area contributed by atoms with E-state index >= 15 is 0 Å². The van der Waals surface area contributed by atoms with E-state index in [1.54, 1.807) is 11.8 Å². The van der Waals surface area contributed by atoms with Gasteiger partial charge in [-0.1, -0.05) is 23.4 Å². The lowest BCUT2D eigenvalue weighted by atomic mass is 10.3. The van der Waals surface area contributed by atoms with E-state index in [4.69, 9.17) is 16.7 Å². The molecule has 3 heterocycles. The summed E-state index contributed by atoms with van der Waals surface area (Å²) in [4.78, 5) is 24.5. The second kappa shape index (κ2) is 10.2. The number of aliphatic hydroxyl groups excluding tert-OH is 1. The quantitative estimate of drug-likeness (QED) is 0.554. The number of nitrogens with zero attached hydrogens (tertiary/aromatic N) is 6. The molecule has 31 heavy (non-hydrogen) atoms. The zero-order valence-electron chi connectivity index (χ0n) is 17.2. The highest BCUT2D eigenvalue weighted by Crippen LogP contribution is 2.28. The van der Waals surface area contributed by atoms with Gasteiger partial charge in [-0.3, -0.25) is 4.90 Å². The van der Waals surface area contributed by atoms with Crippen molar-refractivity contribution in [3.05, 3.63) is 53.4 Å². The van der Waals surface area contributed by atoms with Crippen molar-refractivity contribution in [1.82, 2.24) is 24.8 Å².